The summed E-state index contributed by atoms with van der Waals surface area (Å²) in [5.74, 6) is -1.43. The number of hydrogen-bond acceptors (Lipinski definition) is 7. The van der Waals surface area contributed by atoms with Crippen LogP contribution in [0.15, 0.2) is 30.6 Å². The molecule has 0 radical (unpaired) electrons. The van der Waals surface area contributed by atoms with Crippen molar-refractivity contribution in [3.63, 3.8) is 0 Å². The number of carboxylic acid groups (broad SMARTS) is 1. The predicted molar refractivity (Wildman–Crippen MR) is 151 cm³/mol. The summed E-state index contributed by atoms with van der Waals surface area (Å²) in [4.78, 5) is 35.0. The molecule has 9 nitrogen and oxygen atoms in total. The molecule has 0 unspecified atom stereocenters. The van der Waals surface area contributed by atoms with Crippen molar-refractivity contribution in [3.05, 3.63) is 53.0 Å². The van der Waals surface area contributed by atoms with Crippen LogP contribution in [-0.2, 0) is 28.5 Å². The highest BCUT2D eigenvalue weighted by Gasteiger charge is 2.36. The zero-order chi connectivity index (χ0) is 30.0. The first kappa shape index (κ1) is 31.7. The summed E-state index contributed by atoms with van der Waals surface area (Å²) >= 11 is 0. The Morgan fingerprint density at radius 1 is 1.12 bits per heavy atom. The van der Waals surface area contributed by atoms with Gasteiger partial charge in [-0.25, -0.2) is 9.78 Å². The van der Waals surface area contributed by atoms with E-state index in [0.29, 0.717) is 32.4 Å². The first-order valence-corrected chi connectivity index (χ1v) is 14.8. The van der Waals surface area contributed by atoms with Crippen LogP contribution in [-0.4, -0.2) is 76.8 Å². The van der Waals surface area contributed by atoms with E-state index >= 15 is 0 Å². The summed E-state index contributed by atoms with van der Waals surface area (Å²) in [5.41, 5.74) is 0.414. The molecule has 12 heteroatoms. The van der Waals surface area contributed by atoms with Gasteiger partial charge in [-0.3, -0.25) is 9.78 Å². The van der Waals surface area contributed by atoms with Gasteiger partial charge in [0.15, 0.2) is 0 Å². The van der Waals surface area contributed by atoms with Gasteiger partial charge < -0.3 is 25.4 Å². The van der Waals surface area contributed by atoms with Crippen LogP contribution in [0.1, 0.15) is 78.5 Å². The molecular weight excluding hydrogens is 551 g/mol. The Labute approximate surface area is 244 Å². The highest BCUT2D eigenvalue weighted by Crippen LogP contribution is 2.31. The lowest BCUT2D eigenvalue weighted by Gasteiger charge is -2.25. The van der Waals surface area contributed by atoms with E-state index in [4.69, 9.17) is 9.72 Å². The van der Waals surface area contributed by atoms with Crippen LogP contribution in [0.5, 0.6) is 0 Å². The SMILES string of the molecule is O=C(N[C@@H](CCN(CCCCc1ccc2c(n1)NCCC2)CCOC1CCCC1)C(=O)O)c1ccncc1C(F)(F)F. The maximum absolute atomic E-state index is 13.4. The summed E-state index contributed by atoms with van der Waals surface area (Å²) in [5, 5.41) is 15.4. The van der Waals surface area contributed by atoms with Gasteiger partial charge in [0.25, 0.3) is 5.91 Å². The Balaban J connectivity index is 1.31. The fraction of sp³-hybridized carbons (Fsp3) is 0.600. The fourth-order valence-electron chi connectivity index (χ4n) is 5.51. The smallest absolute Gasteiger partial charge is 0.418 e. The number of carbonyl (C=O) groups excluding carboxylic acids is 1. The number of nitrogens with one attached hydrogen (secondary N) is 2. The first-order chi connectivity index (χ1) is 20.2. The van der Waals surface area contributed by atoms with E-state index in [2.05, 4.69) is 32.7 Å². The number of carboxylic acids is 1. The molecule has 0 aromatic carbocycles. The molecule has 1 amide bonds. The number of aliphatic carboxylic acids is 1. The molecule has 2 aliphatic rings. The molecule has 4 rings (SSSR count). The number of fused-ring (bicyclic) bond motifs is 1. The van der Waals surface area contributed by atoms with E-state index in [1.54, 1.807) is 0 Å². The van der Waals surface area contributed by atoms with Crippen molar-refractivity contribution >= 4 is 17.7 Å². The molecule has 2 aromatic heterocycles. The standard InChI is InChI=1S/C30H40F3N5O4/c31-30(32,33)25-20-34-15-12-24(25)28(39)37-26(29(40)41)13-17-38(18-19-42-23-8-1-2-9-23)16-4-3-7-22-11-10-21-6-5-14-35-27(21)36-22/h10-12,15,20,23,26H,1-9,13-14,16-19H2,(H,35,36)(H,37,39)(H,40,41)/t26-/m0/s1. The van der Waals surface area contributed by atoms with Crippen LogP contribution >= 0.6 is 0 Å². The van der Waals surface area contributed by atoms with Crippen LogP contribution in [0.2, 0.25) is 0 Å². The van der Waals surface area contributed by atoms with Crippen molar-refractivity contribution in [2.75, 3.05) is 38.1 Å². The molecule has 2 aromatic rings. The third kappa shape index (κ3) is 9.38. The number of aryl methyl sites for hydroxylation is 2. The number of rotatable bonds is 15. The van der Waals surface area contributed by atoms with Crippen molar-refractivity contribution in [3.8, 4) is 0 Å². The number of amides is 1. The Kier molecular flexibility index (Phi) is 11.5. The van der Waals surface area contributed by atoms with Gasteiger partial charge in [-0.1, -0.05) is 18.9 Å². The molecule has 1 aliphatic carbocycles. The molecule has 0 spiro atoms. The largest absolute Gasteiger partial charge is 0.480 e. The van der Waals surface area contributed by atoms with Crippen LogP contribution in [0.25, 0.3) is 0 Å². The summed E-state index contributed by atoms with van der Waals surface area (Å²) in [7, 11) is 0. The molecule has 3 heterocycles. The van der Waals surface area contributed by atoms with E-state index in [1.165, 1.54) is 5.56 Å². The van der Waals surface area contributed by atoms with E-state index in [1.807, 2.05) is 0 Å². The van der Waals surface area contributed by atoms with E-state index < -0.39 is 35.2 Å². The van der Waals surface area contributed by atoms with Crippen molar-refractivity contribution in [1.82, 2.24) is 20.2 Å². The molecule has 3 N–H and O–H groups in total. The average Bonchev–Trinajstić information content (AvgIpc) is 3.49. The third-order valence-corrected chi connectivity index (χ3v) is 7.88. The number of hydrogen-bond donors (Lipinski definition) is 3. The topological polar surface area (TPSA) is 117 Å². The lowest BCUT2D eigenvalue weighted by molar-refractivity contribution is -0.139. The minimum Gasteiger partial charge on any atom is -0.480 e. The van der Waals surface area contributed by atoms with E-state index in [-0.39, 0.29) is 12.5 Å². The average molecular weight is 592 g/mol. The highest BCUT2D eigenvalue weighted by molar-refractivity contribution is 5.97. The Bertz CT molecular complexity index is 1190. The molecule has 1 atom stereocenters. The van der Waals surface area contributed by atoms with Gasteiger partial charge in [-0.2, -0.15) is 13.2 Å². The van der Waals surface area contributed by atoms with Gasteiger partial charge >= 0.3 is 12.1 Å². The van der Waals surface area contributed by atoms with Crippen molar-refractivity contribution in [1.29, 1.82) is 0 Å². The molecule has 42 heavy (non-hydrogen) atoms. The van der Waals surface area contributed by atoms with Crippen molar-refractivity contribution in [2.45, 2.75) is 82.5 Å². The lowest BCUT2D eigenvalue weighted by atomic mass is 10.1. The Morgan fingerprint density at radius 2 is 1.93 bits per heavy atom. The number of nitrogens with zero attached hydrogens (tertiary/aromatic N) is 3. The maximum atomic E-state index is 13.4. The fourth-order valence-corrected chi connectivity index (χ4v) is 5.51. The second kappa shape index (κ2) is 15.3. The molecule has 1 fully saturated rings. The third-order valence-electron chi connectivity index (χ3n) is 7.88. The number of anilines is 1. The van der Waals surface area contributed by atoms with Crippen molar-refractivity contribution in [2.24, 2.45) is 0 Å². The number of halogens is 3. The van der Waals surface area contributed by atoms with Gasteiger partial charge in [0.1, 0.15) is 11.9 Å². The quantitative estimate of drug-likeness (QED) is 0.255. The second-order valence-corrected chi connectivity index (χ2v) is 11.0. The molecule has 0 bridgehead atoms. The number of aromatic nitrogens is 2. The minimum atomic E-state index is -4.79. The number of carbonyl (C=O) groups is 2. The first-order valence-electron chi connectivity index (χ1n) is 14.8. The monoisotopic (exact) mass is 591 g/mol. The van der Waals surface area contributed by atoms with Crippen LogP contribution < -0.4 is 10.6 Å². The van der Waals surface area contributed by atoms with Gasteiger partial charge in [0.05, 0.1) is 23.8 Å². The van der Waals surface area contributed by atoms with E-state index in [9.17, 15) is 27.9 Å². The number of alkyl halides is 3. The predicted octanol–water partition coefficient (Wildman–Crippen LogP) is 4.71. The highest BCUT2D eigenvalue weighted by atomic mass is 19.4. The van der Waals surface area contributed by atoms with E-state index in [0.717, 1.165) is 88.1 Å². The zero-order valence-electron chi connectivity index (χ0n) is 23.8. The Hall–Kier alpha value is -3.25. The summed E-state index contributed by atoms with van der Waals surface area (Å²) in [6.45, 7) is 3.08. The molecule has 1 saturated carbocycles. The van der Waals surface area contributed by atoms with Gasteiger partial charge in [0, 0.05) is 37.7 Å². The van der Waals surface area contributed by atoms with Gasteiger partial charge in [0.2, 0.25) is 0 Å². The second-order valence-electron chi connectivity index (χ2n) is 11.0. The lowest BCUT2D eigenvalue weighted by Crippen LogP contribution is -2.44. The number of pyridine rings is 2. The summed E-state index contributed by atoms with van der Waals surface area (Å²) in [6, 6.07) is 3.81. The summed E-state index contributed by atoms with van der Waals surface area (Å²) in [6.07, 6.45) is 6.27. The molecular formula is C30H40F3N5O4. The molecule has 230 valence electrons. The Morgan fingerprint density at radius 3 is 2.69 bits per heavy atom. The number of ether oxygens (including phenoxy) is 1. The van der Waals surface area contributed by atoms with Crippen LogP contribution in [0.3, 0.4) is 0 Å². The van der Waals surface area contributed by atoms with Crippen molar-refractivity contribution < 1.29 is 32.6 Å². The molecule has 1 aliphatic heterocycles. The minimum absolute atomic E-state index is 0.0367. The molecule has 0 saturated heterocycles. The maximum Gasteiger partial charge on any atom is 0.418 e. The summed E-state index contributed by atoms with van der Waals surface area (Å²) < 4.78 is 46.1. The zero-order valence-corrected chi connectivity index (χ0v) is 23.8. The normalized spacial score (nSPS) is 16.2. The number of unbranched alkanes of at least 4 members (excludes halogenated alkanes) is 1. The van der Waals surface area contributed by atoms with Gasteiger partial charge in [-0.05, 0) is 75.6 Å². The van der Waals surface area contributed by atoms with Crippen LogP contribution in [0.4, 0.5) is 19.0 Å². The van der Waals surface area contributed by atoms with Crippen LogP contribution in [0, 0.1) is 0 Å². The van der Waals surface area contributed by atoms with Gasteiger partial charge in [-0.15, -0.1) is 0 Å².